The number of amides is 1. The number of Topliss-reactive ketones (excluding diaryl/α,β-unsaturated/α-hetero) is 1. The van der Waals surface area contributed by atoms with Crippen molar-refractivity contribution >= 4 is 28.6 Å². The van der Waals surface area contributed by atoms with E-state index in [4.69, 9.17) is 14.5 Å². The maximum atomic E-state index is 13.7. The summed E-state index contributed by atoms with van der Waals surface area (Å²) in [5.41, 5.74) is 1.91. The Morgan fingerprint density at radius 1 is 1.05 bits per heavy atom. The van der Waals surface area contributed by atoms with Crippen molar-refractivity contribution < 1.29 is 29.0 Å². The molecular formula is C34H30N3O7-. The van der Waals surface area contributed by atoms with Crippen molar-refractivity contribution in [1.82, 2.24) is 14.5 Å². The van der Waals surface area contributed by atoms with Gasteiger partial charge in [0, 0.05) is 50.6 Å². The number of fused-ring (bicyclic) bond motifs is 2. The van der Waals surface area contributed by atoms with Gasteiger partial charge in [0.05, 0.1) is 36.1 Å². The van der Waals surface area contributed by atoms with Gasteiger partial charge in [-0.25, -0.2) is 4.98 Å². The van der Waals surface area contributed by atoms with Gasteiger partial charge < -0.3 is 28.8 Å². The summed E-state index contributed by atoms with van der Waals surface area (Å²) in [5, 5.41) is 12.3. The molecule has 0 atom stereocenters. The van der Waals surface area contributed by atoms with Crippen molar-refractivity contribution in [3.8, 4) is 22.6 Å². The van der Waals surface area contributed by atoms with Crippen LogP contribution in [-0.4, -0.2) is 57.9 Å². The molecule has 1 amide bonds. The fourth-order valence-corrected chi connectivity index (χ4v) is 6.49. The van der Waals surface area contributed by atoms with Crippen molar-refractivity contribution in [2.45, 2.75) is 43.6 Å². The first-order valence-electron chi connectivity index (χ1n) is 14.7. The number of likely N-dealkylation sites (tertiary alicyclic amines) is 1. The van der Waals surface area contributed by atoms with Gasteiger partial charge in [0.15, 0.2) is 5.78 Å². The van der Waals surface area contributed by atoms with E-state index in [1.165, 1.54) is 23.9 Å². The fourth-order valence-electron chi connectivity index (χ4n) is 6.49. The molecule has 4 heterocycles. The number of carbonyl (C=O) groups excluding carboxylic acids is 3. The summed E-state index contributed by atoms with van der Waals surface area (Å²) in [4.78, 5) is 57.3. The maximum Gasteiger partial charge on any atom is 0.272 e. The fraction of sp³-hybridized carbons (Fsp3) is 0.324. The topological polar surface area (TPSA) is 131 Å². The SMILES string of the molecule is COc1cc(C(=O)N2CCC3(CC2)CC(=O)c2cc(-c4cc(C(=O)[O-])c(=O)n(C)c4)ccc2O3)nc2c(C3CC3)cccc12. The lowest BCUT2D eigenvalue weighted by atomic mass is 9.82. The molecule has 44 heavy (non-hydrogen) atoms. The lowest BCUT2D eigenvalue weighted by Gasteiger charge is -2.44. The van der Waals surface area contributed by atoms with E-state index in [0.29, 0.717) is 65.7 Å². The first kappa shape index (κ1) is 27.8. The summed E-state index contributed by atoms with van der Waals surface area (Å²) < 4.78 is 13.3. The number of methoxy groups -OCH3 is 1. The van der Waals surface area contributed by atoms with E-state index in [-0.39, 0.29) is 18.1 Å². The third-order valence-electron chi connectivity index (χ3n) is 9.08. The second kappa shape index (κ2) is 10.3. The first-order valence-corrected chi connectivity index (χ1v) is 14.7. The number of piperidine rings is 1. The number of carboxylic acids is 1. The molecule has 10 heteroatoms. The zero-order valence-corrected chi connectivity index (χ0v) is 24.4. The van der Waals surface area contributed by atoms with Gasteiger partial charge in [-0.05, 0) is 59.7 Å². The minimum absolute atomic E-state index is 0.0913. The van der Waals surface area contributed by atoms with Crippen LogP contribution in [0.4, 0.5) is 0 Å². The molecule has 2 aromatic carbocycles. The Bertz CT molecular complexity index is 1930. The molecule has 2 fully saturated rings. The summed E-state index contributed by atoms with van der Waals surface area (Å²) in [7, 11) is 3.06. The lowest BCUT2D eigenvalue weighted by molar-refractivity contribution is -0.255. The van der Waals surface area contributed by atoms with Crippen LogP contribution < -0.4 is 20.1 Å². The number of carboxylic acid groups (broad SMARTS) is 1. The van der Waals surface area contributed by atoms with Crippen molar-refractivity contribution in [3.05, 3.63) is 87.5 Å². The Balaban J connectivity index is 1.10. The molecule has 0 N–H and O–H groups in total. The van der Waals surface area contributed by atoms with E-state index in [0.717, 1.165) is 29.3 Å². The molecule has 1 spiro atoms. The number of pyridine rings is 2. The standard InChI is InChI=1S/C34H31N3O7/c1-36-18-21(15-25(31(36)39)33(41)42)20-8-9-28-24(14-20)27(38)17-34(44-28)10-12-37(13-11-34)32(40)26-16-29(43-2)23-5-3-4-22(19-6-7-19)30(23)35-26/h3-5,8-9,14-16,18-19H,6-7,10-13,17H2,1-2H3,(H,41,42)/p-1. The monoisotopic (exact) mass is 592 g/mol. The summed E-state index contributed by atoms with van der Waals surface area (Å²) in [6.45, 7) is 0.825. The second-order valence-corrected chi connectivity index (χ2v) is 12.0. The summed E-state index contributed by atoms with van der Waals surface area (Å²) in [6, 6.07) is 14.1. The lowest BCUT2D eigenvalue weighted by Crippen LogP contribution is -2.52. The third-order valence-corrected chi connectivity index (χ3v) is 9.08. The molecule has 1 saturated carbocycles. The molecule has 1 saturated heterocycles. The quantitative estimate of drug-likeness (QED) is 0.344. The van der Waals surface area contributed by atoms with Gasteiger partial charge in [0.25, 0.3) is 11.5 Å². The number of aryl methyl sites for hydroxylation is 1. The molecule has 2 aliphatic heterocycles. The second-order valence-electron chi connectivity index (χ2n) is 12.0. The molecule has 0 radical (unpaired) electrons. The highest BCUT2D eigenvalue weighted by molar-refractivity contribution is 6.02. The normalized spacial score (nSPS) is 17.3. The highest BCUT2D eigenvalue weighted by Gasteiger charge is 2.44. The zero-order chi connectivity index (χ0) is 30.7. The third kappa shape index (κ3) is 4.70. The van der Waals surface area contributed by atoms with Crippen molar-refractivity contribution in [2.24, 2.45) is 7.05 Å². The first-order chi connectivity index (χ1) is 21.2. The summed E-state index contributed by atoms with van der Waals surface area (Å²) in [5.74, 6) is -0.284. The van der Waals surface area contributed by atoms with E-state index in [1.807, 2.05) is 12.1 Å². The van der Waals surface area contributed by atoms with Crippen LogP contribution in [0.2, 0.25) is 0 Å². The number of hydrogen-bond donors (Lipinski definition) is 0. The molecule has 10 nitrogen and oxygen atoms in total. The largest absolute Gasteiger partial charge is 0.545 e. The summed E-state index contributed by atoms with van der Waals surface area (Å²) in [6.07, 6.45) is 4.89. The number of rotatable bonds is 5. The van der Waals surface area contributed by atoms with Crippen LogP contribution in [-0.2, 0) is 7.05 Å². The molecule has 4 aromatic rings. The van der Waals surface area contributed by atoms with E-state index >= 15 is 0 Å². The van der Waals surface area contributed by atoms with Gasteiger partial charge in [0.1, 0.15) is 22.8 Å². The Hall–Kier alpha value is -4.99. The van der Waals surface area contributed by atoms with Crippen molar-refractivity contribution in [3.63, 3.8) is 0 Å². The molecular weight excluding hydrogens is 562 g/mol. The number of ketones is 1. The Morgan fingerprint density at radius 3 is 2.52 bits per heavy atom. The van der Waals surface area contributed by atoms with Crippen LogP contribution in [0, 0.1) is 0 Å². The number of ether oxygens (including phenoxy) is 2. The van der Waals surface area contributed by atoms with E-state index in [1.54, 1.807) is 36.3 Å². The number of carbonyl (C=O) groups is 3. The predicted octanol–water partition coefficient (Wildman–Crippen LogP) is 3.49. The van der Waals surface area contributed by atoms with Gasteiger partial charge in [-0.15, -0.1) is 0 Å². The Kier molecular flexibility index (Phi) is 6.53. The van der Waals surface area contributed by atoms with Crippen LogP contribution in [0.5, 0.6) is 11.5 Å². The average Bonchev–Trinajstić information content (AvgIpc) is 3.87. The molecule has 3 aliphatic rings. The van der Waals surface area contributed by atoms with Crippen LogP contribution in [0.25, 0.3) is 22.0 Å². The van der Waals surface area contributed by atoms with E-state index < -0.39 is 22.7 Å². The van der Waals surface area contributed by atoms with Gasteiger partial charge in [0.2, 0.25) is 0 Å². The number of aromatic carboxylic acids is 1. The highest BCUT2D eigenvalue weighted by atomic mass is 16.5. The number of nitrogens with zero attached hydrogens (tertiary/aromatic N) is 3. The maximum absolute atomic E-state index is 13.7. The van der Waals surface area contributed by atoms with Crippen LogP contribution in [0.3, 0.4) is 0 Å². The minimum Gasteiger partial charge on any atom is -0.545 e. The smallest absolute Gasteiger partial charge is 0.272 e. The molecule has 0 bridgehead atoms. The molecule has 1 aliphatic carbocycles. The number of benzene rings is 2. The van der Waals surface area contributed by atoms with Gasteiger partial charge >= 0.3 is 0 Å². The van der Waals surface area contributed by atoms with Crippen molar-refractivity contribution in [1.29, 1.82) is 0 Å². The van der Waals surface area contributed by atoms with E-state index in [2.05, 4.69) is 6.07 Å². The van der Waals surface area contributed by atoms with Crippen LogP contribution in [0.15, 0.2) is 59.5 Å². The Morgan fingerprint density at radius 2 is 1.82 bits per heavy atom. The van der Waals surface area contributed by atoms with Gasteiger partial charge in [-0.3, -0.25) is 14.4 Å². The van der Waals surface area contributed by atoms with Crippen LogP contribution >= 0.6 is 0 Å². The average molecular weight is 593 g/mol. The molecule has 224 valence electrons. The van der Waals surface area contributed by atoms with Crippen molar-refractivity contribution in [2.75, 3.05) is 20.2 Å². The minimum atomic E-state index is -1.56. The summed E-state index contributed by atoms with van der Waals surface area (Å²) >= 11 is 0. The van der Waals surface area contributed by atoms with Gasteiger partial charge in [-0.1, -0.05) is 18.2 Å². The highest BCUT2D eigenvalue weighted by Crippen LogP contribution is 2.44. The molecule has 2 aromatic heterocycles. The predicted molar refractivity (Wildman–Crippen MR) is 159 cm³/mol. The Labute approximate surface area is 252 Å². The van der Waals surface area contributed by atoms with Crippen LogP contribution in [0.1, 0.15) is 74.8 Å². The number of para-hydroxylation sites is 1. The van der Waals surface area contributed by atoms with Gasteiger partial charge in [-0.2, -0.15) is 0 Å². The zero-order valence-electron chi connectivity index (χ0n) is 24.4. The molecule has 7 rings (SSSR count). The molecule has 0 unspecified atom stereocenters. The van der Waals surface area contributed by atoms with E-state index in [9.17, 15) is 24.3 Å². The number of aromatic nitrogens is 2. The number of hydrogen-bond acceptors (Lipinski definition) is 8.